The lowest BCUT2D eigenvalue weighted by molar-refractivity contribution is -0.111. The molecule has 0 aromatic rings. The highest BCUT2D eigenvalue weighted by molar-refractivity contribution is 6.61. The maximum absolute atomic E-state index is 9.89. The molecule has 0 rings (SSSR count). The summed E-state index contributed by atoms with van der Waals surface area (Å²) in [6.45, 7) is 7.37. The molecule has 0 saturated carbocycles. The lowest BCUT2D eigenvalue weighted by Gasteiger charge is -2.00. The molecule has 0 aliphatic heterocycles. The Balaban J connectivity index is 0. The predicted octanol–water partition coefficient (Wildman–Crippen LogP) is 2.62. The van der Waals surface area contributed by atoms with Gasteiger partial charge in [0.2, 0.25) is 5.78 Å². The van der Waals surface area contributed by atoms with Gasteiger partial charge in [-0.05, 0) is 18.8 Å². The van der Waals surface area contributed by atoms with E-state index < -0.39 is 5.43 Å². The van der Waals surface area contributed by atoms with E-state index >= 15 is 0 Å². The molecule has 0 aliphatic rings. The van der Waals surface area contributed by atoms with Gasteiger partial charge in [0.25, 0.3) is 0 Å². The van der Waals surface area contributed by atoms with Crippen LogP contribution in [0.1, 0.15) is 27.7 Å². The summed E-state index contributed by atoms with van der Waals surface area (Å²) in [5.41, 5.74) is -0.723. The van der Waals surface area contributed by atoms with Crippen molar-refractivity contribution in [1.82, 2.24) is 0 Å². The van der Waals surface area contributed by atoms with E-state index in [1.54, 1.807) is 6.92 Å². The summed E-state index contributed by atoms with van der Waals surface area (Å²) in [6, 6.07) is 0. The van der Waals surface area contributed by atoms with Crippen molar-refractivity contribution in [3.8, 4) is 11.8 Å². The van der Waals surface area contributed by atoms with E-state index in [1.165, 1.54) is 6.92 Å². The molecule has 0 radical (unpaired) electrons. The average molecular weight is 219 g/mol. The maximum Gasteiger partial charge on any atom is 0.403 e. The van der Waals surface area contributed by atoms with Crippen molar-refractivity contribution in [1.29, 1.82) is 0 Å². The first kappa shape index (κ1) is 15.5. The van der Waals surface area contributed by atoms with Gasteiger partial charge in [-0.15, -0.1) is 0 Å². The summed E-state index contributed by atoms with van der Waals surface area (Å²) in [5.74, 6) is 5.07. The van der Waals surface area contributed by atoms with E-state index in [-0.39, 0.29) is 5.78 Å². The molecule has 0 atom stereocenters. The van der Waals surface area contributed by atoms with Crippen molar-refractivity contribution in [2.45, 2.75) is 27.7 Å². The molecule has 0 bridgehead atoms. The zero-order valence-corrected chi connectivity index (χ0v) is 9.64. The molecule has 0 spiro atoms. The van der Waals surface area contributed by atoms with Gasteiger partial charge < -0.3 is 4.74 Å². The third-order valence-electron chi connectivity index (χ3n) is 0.831. The van der Waals surface area contributed by atoms with Crippen LogP contribution in [0.2, 0.25) is 0 Å². The van der Waals surface area contributed by atoms with Gasteiger partial charge in [0.1, 0.15) is 0 Å². The summed E-state index contributed by atoms with van der Waals surface area (Å²) in [6.07, 6.45) is 0. The molecule has 3 nitrogen and oxygen atoms in total. The predicted molar refractivity (Wildman–Crippen MR) is 56.2 cm³/mol. The highest BCUT2D eigenvalue weighted by atomic mass is 35.5. The Hall–Kier alpha value is -1.01. The van der Waals surface area contributed by atoms with Gasteiger partial charge in [-0.25, -0.2) is 4.79 Å². The molecule has 0 aromatic carbocycles. The van der Waals surface area contributed by atoms with Gasteiger partial charge in [0.05, 0.1) is 6.61 Å². The number of hydrogen-bond acceptors (Lipinski definition) is 3. The van der Waals surface area contributed by atoms with Gasteiger partial charge in [0, 0.05) is 18.5 Å². The van der Waals surface area contributed by atoms with Gasteiger partial charge in [0.15, 0.2) is 0 Å². The van der Waals surface area contributed by atoms with Crippen LogP contribution in [0.15, 0.2) is 0 Å². The molecule has 0 saturated heterocycles. The molecule has 0 heterocycles. The van der Waals surface area contributed by atoms with Crippen molar-refractivity contribution >= 4 is 22.8 Å². The van der Waals surface area contributed by atoms with E-state index in [4.69, 9.17) is 11.6 Å². The molecule has 80 valence electrons. The zero-order valence-electron chi connectivity index (χ0n) is 8.89. The summed E-state index contributed by atoms with van der Waals surface area (Å²) in [5, 5.41) is 0. The van der Waals surface area contributed by atoms with E-state index in [9.17, 15) is 9.59 Å². The van der Waals surface area contributed by atoms with Gasteiger partial charge in [-0.2, -0.15) is 0 Å². The quantitative estimate of drug-likeness (QED) is 0.407. The summed E-state index contributed by atoms with van der Waals surface area (Å²) in [7, 11) is 0. The fourth-order valence-corrected chi connectivity index (χ4v) is 0.471. The Morgan fingerprint density at radius 1 is 1.43 bits per heavy atom. The van der Waals surface area contributed by atoms with Crippen LogP contribution in [-0.2, 0) is 9.53 Å². The molecular formula is C10H15ClO3. The maximum atomic E-state index is 9.89. The standard InChI is InChI=1S/C5H9ClO2.C5H6O/c1-4(2)3-8-5(6)7;1-3-4-5(2)6/h4H,3H2,1-2H3;1-2H3. The minimum atomic E-state index is -0.723. The minimum absolute atomic E-state index is 0.0718. The second kappa shape index (κ2) is 10.1. The molecule has 14 heavy (non-hydrogen) atoms. The van der Waals surface area contributed by atoms with Crippen molar-refractivity contribution in [2.75, 3.05) is 6.61 Å². The zero-order chi connectivity index (χ0) is 11.6. The number of carbonyl (C=O) groups is 2. The summed E-state index contributed by atoms with van der Waals surface area (Å²) < 4.78 is 4.43. The Morgan fingerprint density at radius 2 is 1.93 bits per heavy atom. The molecule has 0 N–H and O–H groups in total. The highest BCUT2D eigenvalue weighted by Gasteiger charge is 1.96. The first-order valence-corrected chi connectivity index (χ1v) is 4.53. The number of carbonyl (C=O) groups excluding carboxylic acids is 2. The van der Waals surface area contributed by atoms with Gasteiger partial charge in [-0.3, -0.25) is 4.79 Å². The van der Waals surface area contributed by atoms with Crippen LogP contribution in [0.5, 0.6) is 0 Å². The van der Waals surface area contributed by atoms with Gasteiger partial charge in [-0.1, -0.05) is 19.8 Å². The number of rotatable bonds is 2. The van der Waals surface area contributed by atoms with Crippen molar-refractivity contribution in [3.05, 3.63) is 0 Å². The fraction of sp³-hybridized carbons (Fsp3) is 0.600. The van der Waals surface area contributed by atoms with Crippen LogP contribution in [0, 0.1) is 17.8 Å². The monoisotopic (exact) mass is 218 g/mol. The lowest BCUT2D eigenvalue weighted by atomic mass is 10.2. The highest BCUT2D eigenvalue weighted by Crippen LogP contribution is 1.94. The third kappa shape index (κ3) is 22.4. The van der Waals surface area contributed by atoms with E-state index in [1.807, 2.05) is 13.8 Å². The normalized spacial score (nSPS) is 7.86. The lowest BCUT2D eigenvalue weighted by Crippen LogP contribution is -2.02. The van der Waals surface area contributed by atoms with Crippen LogP contribution in [0.4, 0.5) is 4.79 Å². The average Bonchev–Trinajstić information content (AvgIpc) is 2.01. The molecule has 4 heteroatoms. The van der Waals surface area contributed by atoms with Crippen LogP contribution in [0.25, 0.3) is 0 Å². The SMILES string of the molecule is CC#CC(C)=O.CC(C)COC(=O)Cl. The number of halogens is 1. The number of Topliss-reactive ketones (excluding diaryl/α,β-unsaturated/α-hetero) is 1. The van der Waals surface area contributed by atoms with Crippen molar-refractivity contribution in [3.63, 3.8) is 0 Å². The fourth-order valence-electron chi connectivity index (χ4n) is 0.408. The number of ketones is 1. The van der Waals surface area contributed by atoms with E-state index in [0.29, 0.717) is 12.5 Å². The first-order valence-electron chi connectivity index (χ1n) is 4.15. The van der Waals surface area contributed by atoms with Crippen molar-refractivity contribution in [2.24, 2.45) is 5.92 Å². The topological polar surface area (TPSA) is 43.4 Å². The third-order valence-corrected chi connectivity index (χ3v) is 0.940. The molecule has 0 aliphatic carbocycles. The summed E-state index contributed by atoms with van der Waals surface area (Å²) >= 11 is 4.86. The van der Waals surface area contributed by atoms with E-state index in [2.05, 4.69) is 16.6 Å². The second-order valence-electron chi connectivity index (χ2n) is 2.87. The van der Waals surface area contributed by atoms with E-state index in [0.717, 1.165) is 0 Å². The molecular weight excluding hydrogens is 204 g/mol. The van der Waals surface area contributed by atoms with Crippen LogP contribution < -0.4 is 0 Å². The largest absolute Gasteiger partial charge is 0.453 e. The minimum Gasteiger partial charge on any atom is -0.453 e. The van der Waals surface area contributed by atoms with Crippen LogP contribution in [-0.4, -0.2) is 17.8 Å². The Kier molecular flexibility index (Phi) is 11.1. The first-order chi connectivity index (χ1) is 6.40. The van der Waals surface area contributed by atoms with Crippen LogP contribution >= 0.6 is 11.6 Å². The van der Waals surface area contributed by atoms with Crippen molar-refractivity contribution < 1.29 is 14.3 Å². The second-order valence-corrected chi connectivity index (χ2v) is 3.18. The number of ether oxygens (including phenoxy) is 1. The Labute approximate surface area is 89.8 Å². The number of hydrogen-bond donors (Lipinski definition) is 0. The molecule has 0 amide bonds. The van der Waals surface area contributed by atoms with Gasteiger partial charge >= 0.3 is 5.43 Å². The Morgan fingerprint density at radius 3 is 2.00 bits per heavy atom. The van der Waals surface area contributed by atoms with Crippen LogP contribution in [0.3, 0.4) is 0 Å². The Bertz CT molecular complexity index is 235. The summed E-state index contributed by atoms with van der Waals surface area (Å²) in [4.78, 5) is 19.8. The molecule has 0 fully saturated rings. The smallest absolute Gasteiger partial charge is 0.403 e. The molecule has 0 unspecified atom stereocenters. The molecule has 0 aromatic heterocycles.